The fourth-order valence-corrected chi connectivity index (χ4v) is 4.74. The number of aryl methyl sites for hydroxylation is 1. The van der Waals surface area contributed by atoms with E-state index in [1.165, 1.54) is 18.1 Å². The van der Waals surface area contributed by atoms with Crippen molar-refractivity contribution in [3.8, 4) is 0 Å². The van der Waals surface area contributed by atoms with Crippen LogP contribution in [0.4, 0.5) is 10.1 Å². The molecule has 166 valence electrons. The van der Waals surface area contributed by atoms with E-state index in [-0.39, 0.29) is 38.4 Å². The van der Waals surface area contributed by atoms with E-state index in [1.807, 2.05) is 0 Å². The number of para-hydroxylation sites is 1. The second-order valence-corrected chi connectivity index (χ2v) is 8.82. The monoisotopic (exact) mass is 450 g/mol. The molecule has 0 bridgehead atoms. The molecule has 0 aromatic heterocycles. The quantitative estimate of drug-likeness (QED) is 0.625. The fourth-order valence-electron chi connectivity index (χ4n) is 3.24. The molecule has 2 aromatic rings. The molecule has 10 heteroatoms. The molecule has 0 spiro atoms. The molecule has 1 amide bonds. The third kappa shape index (κ3) is 4.92. The van der Waals surface area contributed by atoms with Crippen molar-refractivity contribution in [3.05, 3.63) is 59.4 Å². The third-order valence-electron chi connectivity index (χ3n) is 4.93. The predicted octanol–water partition coefficient (Wildman–Crippen LogP) is 1.97. The Kier molecular flexibility index (Phi) is 7.04. The Morgan fingerprint density at radius 1 is 1.16 bits per heavy atom. The number of carbonyl (C=O) groups excluding carboxylic acids is 2. The highest BCUT2D eigenvalue weighted by molar-refractivity contribution is 7.89. The molecule has 3 rings (SSSR count). The highest BCUT2D eigenvalue weighted by Crippen LogP contribution is 2.25. The van der Waals surface area contributed by atoms with Crippen molar-refractivity contribution < 1.29 is 31.9 Å². The first-order valence-electron chi connectivity index (χ1n) is 9.57. The van der Waals surface area contributed by atoms with Gasteiger partial charge in [0.05, 0.1) is 20.3 Å². The van der Waals surface area contributed by atoms with Gasteiger partial charge in [0.15, 0.2) is 0 Å². The van der Waals surface area contributed by atoms with Crippen LogP contribution in [0.1, 0.15) is 15.9 Å². The van der Waals surface area contributed by atoms with E-state index in [2.05, 4.69) is 0 Å². The molecule has 0 saturated carbocycles. The van der Waals surface area contributed by atoms with Crippen molar-refractivity contribution in [2.24, 2.45) is 0 Å². The molecule has 1 fully saturated rings. The van der Waals surface area contributed by atoms with Crippen LogP contribution in [0, 0.1) is 12.7 Å². The van der Waals surface area contributed by atoms with Gasteiger partial charge >= 0.3 is 5.97 Å². The number of hydrogen-bond donors (Lipinski definition) is 0. The minimum atomic E-state index is -4.16. The first kappa shape index (κ1) is 22.9. The normalized spacial score (nSPS) is 14.8. The lowest BCUT2D eigenvalue weighted by atomic mass is 10.1. The summed E-state index contributed by atoms with van der Waals surface area (Å²) < 4.78 is 51.3. The maximum atomic E-state index is 14.5. The molecule has 2 aromatic carbocycles. The number of methoxy groups -OCH3 is 1. The lowest BCUT2D eigenvalue weighted by molar-refractivity contribution is -0.138. The van der Waals surface area contributed by atoms with Crippen LogP contribution in [-0.4, -0.2) is 64.6 Å². The third-order valence-corrected chi connectivity index (χ3v) is 6.85. The number of rotatable bonds is 6. The summed E-state index contributed by atoms with van der Waals surface area (Å²) >= 11 is 0. The Morgan fingerprint density at radius 3 is 2.48 bits per heavy atom. The molecule has 0 atom stereocenters. The summed E-state index contributed by atoms with van der Waals surface area (Å²) in [7, 11) is -2.96. The Balaban J connectivity index is 2.02. The summed E-state index contributed by atoms with van der Waals surface area (Å²) in [6.07, 6.45) is 0. The van der Waals surface area contributed by atoms with E-state index in [0.29, 0.717) is 5.69 Å². The van der Waals surface area contributed by atoms with Gasteiger partial charge in [-0.2, -0.15) is 4.31 Å². The number of amides is 1. The van der Waals surface area contributed by atoms with Gasteiger partial charge in [-0.25, -0.2) is 12.8 Å². The van der Waals surface area contributed by atoms with Gasteiger partial charge in [0.1, 0.15) is 17.3 Å². The van der Waals surface area contributed by atoms with Crippen LogP contribution in [0.3, 0.4) is 0 Å². The average Bonchev–Trinajstić information content (AvgIpc) is 2.78. The van der Waals surface area contributed by atoms with Gasteiger partial charge in [0.2, 0.25) is 10.0 Å². The van der Waals surface area contributed by atoms with E-state index in [0.717, 1.165) is 22.0 Å². The van der Waals surface area contributed by atoms with E-state index in [4.69, 9.17) is 9.47 Å². The Hall–Kier alpha value is -2.82. The summed E-state index contributed by atoms with van der Waals surface area (Å²) in [6, 6.07) is 10.1. The number of sulfonamides is 1. The van der Waals surface area contributed by atoms with Crippen molar-refractivity contribution in [1.82, 2.24) is 4.31 Å². The molecular weight excluding hydrogens is 427 g/mol. The minimum absolute atomic E-state index is 0.0691. The first-order chi connectivity index (χ1) is 14.8. The van der Waals surface area contributed by atoms with Crippen molar-refractivity contribution in [2.75, 3.05) is 44.9 Å². The SMILES string of the molecule is COC(=O)CN(C(=O)c1ccc(F)c(S(=O)(=O)N2CCOCC2)c1)c1ccccc1C. The Bertz CT molecular complexity index is 1080. The lowest BCUT2D eigenvalue weighted by Crippen LogP contribution is -2.41. The minimum Gasteiger partial charge on any atom is -0.468 e. The van der Waals surface area contributed by atoms with Gasteiger partial charge in [-0.05, 0) is 36.8 Å². The highest BCUT2D eigenvalue weighted by Gasteiger charge is 2.31. The molecule has 0 N–H and O–H groups in total. The number of hydrogen-bond acceptors (Lipinski definition) is 6. The van der Waals surface area contributed by atoms with Gasteiger partial charge in [0.25, 0.3) is 5.91 Å². The number of halogens is 1. The van der Waals surface area contributed by atoms with Crippen molar-refractivity contribution in [1.29, 1.82) is 0 Å². The standard InChI is InChI=1S/C21H23FN2O6S/c1-15-5-3-4-6-18(15)24(14-20(25)29-2)21(26)16-7-8-17(22)19(13-16)31(27,28)23-9-11-30-12-10-23/h3-8,13H,9-12,14H2,1-2H3. The second-order valence-electron chi connectivity index (χ2n) is 6.92. The van der Waals surface area contributed by atoms with Crippen LogP contribution in [-0.2, 0) is 24.3 Å². The zero-order valence-electron chi connectivity index (χ0n) is 17.2. The smallest absolute Gasteiger partial charge is 0.325 e. The number of benzene rings is 2. The maximum absolute atomic E-state index is 14.5. The van der Waals surface area contributed by atoms with Crippen LogP contribution < -0.4 is 4.90 Å². The maximum Gasteiger partial charge on any atom is 0.325 e. The fraction of sp³-hybridized carbons (Fsp3) is 0.333. The van der Waals surface area contributed by atoms with Gasteiger partial charge < -0.3 is 9.47 Å². The average molecular weight is 450 g/mol. The van der Waals surface area contributed by atoms with Crippen molar-refractivity contribution in [3.63, 3.8) is 0 Å². The van der Waals surface area contributed by atoms with E-state index in [9.17, 15) is 22.4 Å². The molecule has 0 unspecified atom stereocenters. The molecule has 0 aliphatic carbocycles. The lowest BCUT2D eigenvalue weighted by Gasteiger charge is -2.27. The summed E-state index contributed by atoms with van der Waals surface area (Å²) in [5.41, 5.74) is 1.11. The number of nitrogens with zero attached hydrogens (tertiary/aromatic N) is 2. The van der Waals surface area contributed by atoms with Crippen LogP contribution in [0.15, 0.2) is 47.4 Å². The van der Waals surface area contributed by atoms with E-state index in [1.54, 1.807) is 31.2 Å². The number of morpholine rings is 1. The second kappa shape index (κ2) is 9.54. The van der Waals surface area contributed by atoms with Gasteiger partial charge in [-0.3, -0.25) is 14.5 Å². The number of carbonyl (C=O) groups is 2. The van der Waals surface area contributed by atoms with Crippen molar-refractivity contribution >= 4 is 27.6 Å². The summed E-state index contributed by atoms with van der Waals surface area (Å²) in [6.45, 7) is 1.99. The van der Waals surface area contributed by atoms with Gasteiger partial charge in [0, 0.05) is 24.3 Å². The zero-order chi connectivity index (χ0) is 22.6. The van der Waals surface area contributed by atoms with Gasteiger partial charge in [-0.15, -0.1) is 0 Å². The van der Waals surface area contributed by atoms with E-state index < -0.39 is 32.6 Å². The molecule has 31 heavy (non-hydrogen) atoms. The summed E-state index contributed by atoms with van der Waals surface area (Å²) in [4.78, 5) is 25.8. The molecule has 1 aliphatic heterocycles. The molecular formula is C21H23FN2O6S. The predicted molar refractivity (Wildman–Crippen MR) is 111 cm³/mol. The topological polar surface area (TPSA) is 93.2 Å². The van der Waals surface area contributed by atoms with Crippen molar-refractivity contribution in [2.45, 2.75) is 11.8 Å². The van der Waals surface area contributed by atoms with Crippen LogP contribution in [0.25, 0.3) is 0 Å². The van der Waals surface area contributed by atoms with Crippen LogP contribution in [0.2, 0.25) is 0 Å². The number of esters is 1. The Labute approximate surface area is 180 Å². The zero-order valence-corrected chi connectivity index (χ0v) is 18.0. The molecule has 1 saturated heterocycles. The van der Waals surface area contributed by atoms with Crippen LogP contribution >= 0.6 is 0 Å². The van der Waals surface area contributed by atoms with E-state index >= 15 is 0 Å². The Morgan fingerprint density at radius 2 is 1.84 bits per heavy atom. The summed E-state index contributed by atoms with van der Waals surface area (Å²) in [5.74, 6) is -2.27. The van der Waals surface area contributed by atoms with Crippen LogP contribution in [0.5, 0.6) is 0 Å². The van der Waals surface area contributed by atoms with Gasteiger partial charge in [-0.1, -0.05) is 18.2 Å². The number of ether oxygens (including phenoxy) is 2. The molecule has 1 aliphatic rings. The molecule has 0 radical (unpaired) electrons. The summed E-state index contributed by atoms with van der Waals surface area (Å²) in [5, 5.41) is 0. The molecule has 8 nitrogen and oxygen atoms in total. The molecule has 1 heterocycles. The largest absolute Gasteiger partial charge is 0.468 e. The first-order valence-corrected chi connectivity index (χ1v) is 11.0. The highest BCUT2D eigenvalue weighted by atomic mass is 32.2. The number of anilines is 1.